The SMILES string of the molecule is CCC(C)(C)C(C)CNCC(C)C(C)(C)CC. The van der Waals surface area contributed by atoms with Crippen LogP contribution >= 0.6 is 0 Å². The largest absolute Gasteiger partial charge is 0.316 e. The fourth-order valence-corrected chi connectivity index (χ4v) is 1.77. The maximum Gasteiger partial charge on any atom is -0.00179 e. The van der Waals surface area contributed by atoms with Gasteiger partial charge in [-0.3, -0.25) is 0 Å². The Bertz CT molecular complexity index is 184. The van der Waals surface area contributed by atoms with Crippen LogP contribution in [0, 0.1) is 22.7 Å². The Morgan fingerprint density at radius 1 is 0.765 bits per heavy atom. The van der Waals surface area contributed by atoms with Crippen LogP contribution < -0.4 is 5.32 Å². The average Bonchev–Trinajstić information content (AvgIpc) is 2.28. The highest BCUT2D eigenvalue weighted by Gasteiger charge is 2.25. The molecule has 17 heavy (non-hydrogen) atoms. The molecule has 0 radical (unpaired) electrons. The van der Waals surface area contributed by atoms with Crippen LogP contribution in [-0.4, -0.2) is 13.1 Å². The molecule has 0 bridgehead atoms. The van der Waals surface area contributed by atoms with Gasteiger partial charge in [0.05, 0.1) is 0 Å². The Labute approximate surface area is 110 Å². The van der Waals surface area contributed by atoms with Crippen LogP contribution in [0.3, 0.4) is 0 Å². The maximum absolute atomic E-state index is 3.67. The second-order valence-corrected chi connectivity index (χ2v) is 7.14. The Hall–Kier alpha value is -0.0400. The molecule has 0 aliphatic heterocycles. The topological polar surface area (TPSA) is 12.0 Å². The summed E-state index contributed by atoms with van der Waals surface area (Å²) in [6, 6.07) is 0. The van der Waals surface area contributed by atoms with Crippen LogP contribution in [0.1, 0.15) is 68.2 Å². The van der Waals surface area contributed by atoms with Gasteiger partial charge in [-0.15, -0.1) is 0 Å². The Kier molecular flexibility index (Phi) is 6.76. The summed E-state index contributed by atoms with van der Waals surface area (Å²) in [4.78, 5) is 0. The lowest BCUT2D eigenvalue weighted by Gasteiger charge is -2.34. The fourth-order valence-electron chi connectivity index (χ4n) is 1.77. The van der Waals surface area contributed by atoms with E-state index in [4.69, 9.17) is 0 Å². The third-order valence-electron chi connectivity index (χ3n) is 5.39. The van der Waals surface area contributed by atoms with E-state index in [0.717, 1.165) is 24.9 Å². The molecule has 0 aromatic rings. The fraction of sp³-hybridized carbons (Fsp3) is 1.00. The number of rotatable bonds is 8. The van der Waals surface area contributed by atoms with Gasteiger partial charge in [0.15, 0.2) is 0 Å². The minimum Gasteiger partial charge on any atom is -0.316 e. The summed E-state index contributed by atoms with van der Waals surface area (Å²) < 4.78 is 0. The van der Waals surface area contributed by atoms with Gasteiger partial charge in [-0.2, -0.15) is 0 Å². The van der Waals surface area contributed by atoms with Crippen LogP contribution in [0.15, 0.2) is 0 Å². The Balaban J connectivity index is 4.00. The van der Waals surface area contributed by atoms with Crippen LogP contribution in [0.2, 0.25) is 0 Å². The van der Waals surface area contributed by atoms with Gasteiger partial charge in [0.25, 0.3) is 0 Å². The van der Waals surface area contributed by atoms with Crippen LogP contribution in [0.5, 0.6) is 0 Å². The molecule has 1 heteroatoms. The lowest BCUT2D eigenvalue weighted by atomic mass is 9.76. The summed E-state index contributed by atoms with van der Waals surface area (Å²) in [5, 5.41) is 3.67. The number of nitrogens with one attached hydrogen (secondary N) is 1. The summed E-state index contributed by atoms with van der Waals surface area (Å²) in [7, 11) is 0. The van der Waals surface area contributed by atoms with Crippen molar-refractivity contribution in [3.05, 3.63) is 0 Å². The van der Waals surface area contributed by atoms with Crippen molar-refractivity contribution in [3.8, 4) is 0 Å². The van der Waals surface area contributed by atoms with E-state index in [1.165, 1.54) is 12.8 Å². The zero-order valence-corrected chi connectivity index (χ0v) is 13.5. The predicted molar refractivity (Wildman–Crippen MR) is 79.3 cm³/mol. The molecule has 1 N–H and O–H groups in total. The van der Waals surface area contributed by atoms with Gasteiger partial charge in [0.1, 0.15) is 0 Å². The second-order valence-electron chi connectivity index (χ2n) is 7.14. The first kappa shape index (κ1) is 17.0. The van der Waals surface area contributed by atoms with E-state index in [9.17, 15) is 0 Å². The first-order chi connectivity index (χ1) is 7.67. The molecule has 104 valence electrons. The molecule has 0 aliphatic carbocycles. The van der Waals surface area contributed by atoms with E-state index in [1.54, 1.807) is 0 Å². The molecule has 1 nitrogen and oxygen atoms in total. The monoisotopic (exact) mass is 241 g/mol. The minimum atomic E-state index is 0.455. The molecule has 0 aromatic carbocycles. The Morgan fingerprint density at radius 3 is 1.29 bits per heavy atom. The third-order valence-corrected chi connectivity index (χ3v) is 5.39. The van der Waals surface area contributed by atoms with Gasteiger partial charge in [-0.05, 0) is 35.8 Å². The van der Waals surface area contributed by atoms with Gasteiger partial charge in [0, 0.05) is 0 Å². The van der Waals surface area contributed by atoms with Gasteiger partial charge in [-0.25, -0.2) is 0 Å². The predicted octanol–water partition coefficient (Wildman–Crippen LogP) is 4.72. The van der Waals surface area contributed by atoms with E-state index >= 15 is 0 Å². The van der Waals surface area contributed by atoms with Crippen LogP contribution in [0.4, 0.5) is 0 Å². The van der Waals surface area contributed by atoms with Gasteiger partial charge < -0.3 is 5.32 Å². The molecule has 0 rings (SSSR count). The van der Waals surface area contributed by atoms with Crippen molar-refractivity contribution in [1.29, 1.82) is 0 Å². The van der Waals surface area contributed by atoms with Crippen molar-refractivity contribution in [2.24, 2.45) is 22.7 Å². The molecular formula is C16H35N. The normalized spacial score (nSPS) is 16.9. The molecule has 2 unspecified atom stereocenters. The van der Waals surface area contributed by atoms with Crippen molar-refractivity contribution >= 4 is 0 Å². The quantitative estimate of drug-likeness (QED) is 0.648. The lowest BCUT2D eigenvalue weighted by Crippen LogP contribution is -2.36. The van der Waals surface area contributed by atoms with E-state index in [2.05, 4.69) is 60.7 Å². The van der Waals surface area contributed by atoms with E-state index in [0.29, 0.717) is 10.8 Å². The highest BCUT2D eigenvalue weighted by Crippen LogP contribution is 2.31. The summed E-state index contributed by atoms with van der Waals surface area (Å²) in [6.07, 6.45) is 2.51. The highest BCUT2D eigenvalue weighted by molar-refractivity contribution is 4.78. The van der Waals surface area contributed by atoms with Crippen molar-refractivity contribution < 1.29 is 0 Å². The number of hydrogen-bond acceptors (Lipinski definition) is 1. The van der Waals surface area contributed by atoms with E-state index < -0.39 is 0 Å². The van der Waals surface area contributed by atoms with Crippen LogP contribution in [-0.2, 0) is 0 Å². The standard InChI is InChI=1S/C16H35N/c1-9-15(5,6)13(3)11-17-12-14(4)16(7,8)10-2/h13-14,17H,9-12H2,1-8H3. The summed E-state index contributed by atoms with van der Waals surface area (Å²) in [6.45, 7) is 21.1. The molecule has 0 saturated carbocycles. The summed E-state index contributed by atoms with van der Waals surface area (Å²) >= 11 is 0. The Morgan fingerprint density at radius 2 is 1.06 bits per heavy atom. The summed E-state index contributed by atoms with van der Waals surface area (Å²) in [5.41, 5.74) is 0.910. The smallest absolute Gasteiger partial charge is 0.00179 e. The third kappa shape index (κ3) is 5.42. The van der Waals surface area contributed by atoms with Crippen molar-refractivity contribution in [3.63, 3.8) is 0 Å². The van der Waals surface area contributed by atoms with Crippen molar-refractivity contribution in [2.75, 3.05) is 13.1 Å². The first-order valence-corrected chi connectivity index (χ1v) is 7.38. The van der Waals surface area contributed by atoms with E-state index in [-0.39, 0.29) is 0 Å². The number of hydrogen-bond donors (Lipinski definition) is 1. The molecule has 0 aliphatic rings. The van der Waals surface area contributed by atoms with Crippen LogP contribution in [0.25, 0.3) is 0 Å². The summed E-state index contributed by atoms with van der Waals surface area (Å²) in [5.74, 6) is 1.48. The van der Waals surface area contributed by atoms with Crippen molar-refractivity contribution in [2.45, 2.75) is 68.2 Å². The van der Waals surface area contributed by atoms with Crippen molar-refractivity contribution in [1.82, 2.24) is 5.32 Å². The van der Waals surface area contributed by atoms with E-state index in [1.807, 2.05) is 0 Å². The molecule has 0 amide bonds. The average molecular weight is 241 g/mol. The zero-order chi connectivity index (χ0) is 13.7. The first-order valence-electron chi connectivity index (χ1n) is 7.38. The van der Waals surface area contributed by atoms with Gasteiger partial charge >= 0.3 is 0 Å². The maximum atomic E-state index is 3.67. The molecule has 0 saturated heterocycles. The molecule has 2 atom stereocenters. The van der Waals surface area contributed by atoms with Gasteiger partial charge in [-0.1, -0.05) is 68.2 Å². The second kappa shape index (κ2) is 6.78. The zero-order valence-electron chi connectivity index (χ0n) is 13.5. The molecule has 0 fully saturated rings. The molecule has 0 heterocycles. The lowest BCUT2D eigenvalue weighted by molar-refractivity contribution is 0.188. The highest BCUT2D eigenvalue weighted by atomic mass is 14.9. The molecule has 0 spiro atoms. The minimum absolute atomic E-state index is 0.455. The molecular weight excluding hydrogens is 206 g/mol. The molecule has 0 aromatic heterocycles. The van der Waals surface area contributed by atoms with Gasteiger partial charge in [0.2, 0.25) is 0 Å².